The van der Waals surface area contributed by atoms with Gasteiger partial charge in [0.25, 0.3) is 0 Å². The first kappa shape index (κ1) is 23.4. The molecule has 3 heterocycles. The number of aromatic nitrogens is 4. The number of rotatable bonds is 7. The standard InChI is InChI=1S/C25H28F3N5S/c1-17-20(5-3-11-29-17)22-30-31-23(32(22)2)34-14-4-12-33-13-10-24(16-33)15-21(24)18-6-8-19(9-7-18)25(26,27)28/h3,5-9,11,21H,4,10,12-16H2,1-2H3. The van der Waals surface area contributed by atoms with Crippen molar-refractivity contribution in [1.29, 1.82) is 0 Å². The molecule has 3 aromatic rings. The van der Waals surface area contributed by atoms with Crippen LogP contribution < -0.4 is 0 Å². The van der Waals surface area contributed by atoms with Gasteiger partial charge in [-0.3, -0.25) is 4.98 Å². The largest absolute Gasteiger partial charge is 0.416 e. The molecule has 1 saturated carbocycles. The normalized spacial score (nSPS) is 22.6. The second-order valence-electron chi connectivity index (χ2n) is 9.47. The Kier molecular flexibility index (Phi) is 6.18. The molecule has 2 atom stereocenters. The van der Waals surface area contributed by atoms with Crippen molar-refractivity contribution in [2.24, 2.45) is 12.5 Å². The maximum Gasteiger partial charge on any atom is 0.416 e. The number of thioether (sulfide) groups is 1. The predicted octanol–water partition coefficient (Wildman–Crippen LogP) is 5.57. The number of hydrogen-bond acceptors (Lipinski definition) is 5. The molecule has 0 radical (unpaired) electrons. The van der Waals surface area contributed by atoms with E-state index in [4.69, 9.17) is 0 Å². The van der Waals surface area contributed by atoms with Crippen molar-refractivity contribution < 1.29 is 13.2 Å². The van der Waals surface area contributed by atoms with Crippen LogP contribution >= 0.6 is 11.8 Å². The lowest BCUT2D eigenvalue weighted by Crippen LogP contribution is -2.23. The lowest BCUT2D eigenvalue weighted by Gasteiger charge is -2.16. The van der Waals surface area contributed by atoms with Gasteiger partial charge < -0.3 is 9.47 Å². The van der Waals surface area contributed by atoms with E-state index in [2.05, 4.69) is 20.1 Å². The molecule has 34 heavy (non-hydrogen) atoms. The number of aryl methyl sites for hydroxylation is 1. The van der Waals surface area contributed by atoms with E-state index in [0.717, 1.165) is 72.5 Å². The topological polar surface area (TPSA) is 46.8 Å². The summed E-state index contributed by atoms with van der Waals surface area (Å²) in [6.07, 6.45) is 0.773. The number of hydrogen-bond donors (Lipinski definition) is 0. The molecule has 2 aromatic heterocycles. The predicted molar refractivity (Wildman–Crippen MR) is 127 cm³/mol. The molecule has 180 valence electrons. The lowest BCUT2D eigenvalue weighted by molar-refractivity contribution is -0.137. The lowest BCUT2D eigenvalue weighted by atomic mass is 9.97. The first-order chi connectivity index (χ1) is 16.3. The van der Waals surface area contributed by atoms with Crippen LogP contribution in [-0.2, 0) is 13.2 Å². The van der Waals surface area contributed by atoms with Crippen molar-refractivity contribution in [3.8, 4) is 11.4 Å². The minimum absolute atomic E-state index is 0.257. The highest BCUT2D eigenvalue weighted by Gasteiger charge is 2.57. The molecule has 5 nitrogen and oxygen atoms in total. The van der Waals surface area contributed by atoms with E-state index < -0.39 is 11.7 Å². The molecular formula is C25H28F3N5S. The minimum atomic E-state index is -4.27. The fourth-order valence-electron chi connectivity index (χ4n) is 5.20. The van der Waals surface area contributed by atoms with Gasteiger partial charge in [0.05, 0.1) is 5.56 Å². The average molecular weight is 488 g/mol. The van der Waals surface area contributed by atoms with Gasteiger partial charge in [0.15, 0.2) is 11.0 Å². The zero-order valence-corrected chi connectivity index (χ0v) is 20.2. The third-order valence-electron chi connectivity index (χ3n) is 7.23. The van der Waals surface area contributed by atoms with Gasteiger partial charge in [-0.2, -0.15) is 13.2 Å². The van der Waals surface area contributed by atoms with E-state index in [9.17, 15) is 13.2 Å². The highest BCUT2D eigenvalue weighted by Crippen LogP contribution is 2.64. The fraction of sp³-hybridized carbons (Fsp3) is 0.480. The van der Waals surface area contributed by atoms with Crippen LogP contribution in [0.25, 0.3) is 11.4 Å². The van der Waals surface area contributed by atoms with Gasteiger partial charge in [0.2, 0.25) is 0 Å². The molecule has 0 N–H and O–H groups in total. The van der Waals surface area contributed by atoms with E-state index in [1.807, 2.05) is 30.7 Å². The summed E-state index contributed by atoms with van der Waals surface area (Å²) >= 11 is 1.72. The third-order valence-corrected chi connectivity index (χ3v) is 8.33. The van der Waals surface area contributed by atoms with Crippen LogP contribution in [0.3, 0.4) is 0 Å². The zero-order chi connectivity index (χ0) is 23.9. The summed E-state index contributed by atoms with van der Waals surface area (Å²) in [7, 11) is 1.99. The molecule has 9 heteroatoms. The van der Waals surface area contributed by atoms with Crippen LogP contribution in [-0.4, -0.2) is 50.0 Å². The SMILES string of the molecule is Cc1ncccc1-c1nnc(SCCCN2CCC3(CC3c3ccc(C(F)(F)F)cc3)C2)n1C. The van der Waals surface area contributed by atoms with Crippen molar-refractivity contribution in [3.63, 3.8) is 0 Å². The molecule has 1 spiro atoms. The molecular weight excluding hydrogens is 459 g/mol. The Hall–Kier alpha value is -2.39. The molecule has 2 fully saturated rings. The summed E-state index contributed by atoms with van der Waals surface area (Å²) < 4.78 is 40.5. The van der Waals surface area contributed by atoms with Crippen LogP contribution in [0.4, 0.5) is 13.2 Å². The Morgan fingerprint density at radius 3 is 2.68 bits per heavy atom. The van der Waals surface area contributed by atoms with Gasteiger partial charge in [0, 0.05) is 36.8 Å². The fourth-order valence-corrected chi connectivity index (χ4v) is 6.03. The maximum atomic E-state index is 12.8. The highest BCUT2D eigenvalue weighted by atomic mass is 32.2. The van der Waals surface area contributed by atoms with Crippen molar-refractivity contribution >= 4 is 11.8 Å². The Balaban J connectivity index is 1.09. The van der Waals surface area contributed by atoms with E-state index in [-0.39, 0.29) is 5.41 Å². The second-order valence-corrected chi connectivity index (χ2v) is 10.5. The summed E-state index contributed by atoms with van der Waals surface area (Å²) in [6.45, 7) is 5.11. The first-order valence-electron chi connectivity index (χ1n) is 11.6. The summed E-state index contributed by atoms with van der Waals surface area (Å²) in [5.74, 6) is 2.18. The second kappa shape index (κ2) is 9.00. The molecule has 1 aliphatic carbocycles. The minimum Gasteiger partial charge on any atom is -0.305 e. The summed E-state index contributed by atoms with van der Waals surface area (Å²) in [5.41, 5.74) is 2.67. The van der Waals surface area contributed by atoms with Gasteiger partial charge in [0.1, 0.15) is 0 Å². The molecule has 1 aromatic carbocycles. The number of benzene rings is 1. The molecule has 0 bridgehead atoms. The summed E-state index contributed by atoms with van der Waals surface area (Å²) in [4.78, 5) is 6.85. The highest BCUT2D eigenvalue weighted by molar-refractivity contribution is 7.99. The van der Waals surface area contributed by atoms with Gasteiger partial charge in [-0.1, -0.05) is 23.9 Å². The van der Waals surface area contributed by atoms with Crippen LogP contribution in [0.2, 0.25) is 0 Å². The Morgan fingerprint density at radius 2 is 1.94 bits per heavy atom. The van der Waals surface area contributed by atoms with Crippen molar-refractivity contribution in [2.45, 2.75) is 43.4 Å². The average Bonchev–Trinajstić information content (AvgIpc) is 3.16. The van der Waals surface area contributed by atoms with E-state index in [0.29, 0.717) is 5.92 Å². The third kappa shape index (κ3) is 4.60. The van der Waals surface area contributed by atoms with Crippen LogP contribution in [0.1, 0.15) is 42.0 Å². The van der Waals surface area contributed by atoms with Crippen LogP contribution in [0.15, 0.2) is 47.8 Å². The Morgan fingerprint density at radius 1 is 1.15 bits per heavy atom. The van der Waals surface area contributed by atoms with Crippen molar-refractivity contribution in [1.82, 2.24) is 24.6 Å². The quantitative estimate of drug-likeness (QED) is 0.322. The molecule has 2 aliphatic rings. The number of alkyl halides is 3. The molecule has 1 saturated heterocycles. The molecule has 1 aliphatic heterocycles. The Labute approximate surface area is 201 Å². The van der Waals surface area contributed by atoms with Crippen molar-refractivity contribution in [3.05, 3.63) is 59.4 Å². The van der Waals surface area contributed by atoms with Gasteiger partial charge in [-0.25, -0.2) is 0 Å². The molecule has 0 amide bonds. The maximum absolute atomic E-state index is 12.8. The zero-order valence-electron chi connectivity index (χ0n) is 19.3. The van der Waals surface area contributed by atoms with E-state index in [1.165, 1.54) is 12.1 Å². The molecule has 5 rings (SSSR count). The number of nitrogens with zero attached hydrogens (tertiary/aromatic N) is 5. The number of halogens is 3. The van der Waals surface area contributed by atoms with Gasteiger partial charge in [-0.15, -0.1) is 10.2 Å². The molecule has 2 unspecified atom stereocenters. The Bertz CT molecular complexity index is 1160. The number of likely N-dealkylation sites (tertiary alicyclic amines) is 1. The van der Waals surface area contributed by atoms with Crippen molar-refractivity contribution in [2.75, 3.05) is 25.4 Å². The summed E-state index contributed by atoms with van der Waals surface area (Å²) in [6, 6.07) is 9.71. The van der Waals surface area contributed by atoms with Crippen LogP contribution in [0.5, 0.6) is 0 Å². The van der Waals surface area contributed by atoms with E-state index in [1.54, 1.807) is 30.1 Å². The smallest absolute Gasteiger partial charge is 0.305 e. The monoisotopic (exact) mass is 487 g/mol. The van der Waals surface area contributed by atoms with Crippen LogP contribution in [0, 0.1) is 12.3 Å². The van der Waals surface area contributed by atoms with E-state index >= 15 is 0 Å². The number of pyridine rings is 1. The van der Waals surface area contributed by atoms with Gasteiger partial charge in [-0.05, 0) is 80.4 Å². The first-order valence-corrected chi connectivity index (χ1v) is 12.6. The van der Waals surface area contributed by atoms with Gasteiger partial charge >= 0.3 is 6.18 Å². The summed E-state index contributed by atoms with van der Waals surface area (Å²) in [5, 5.41) is 9.63.